The lowest BCUT2D eigenvalue weighted by atomic mass is 9.97. The zero-order valence-electron chi connectivity index (χ0n) is 8.53. The van der Waals surface area contributed by atoms with Crippen molar-refractivity contribution in [3.8, 4) is 0 Å². The average Bonchev–Trinajstić information content (AvgIpc) is 2.64. The molecule has 0 spiro atoms. The van der Waals surface area contributed by atoms with Crippen LogP contribution in [0.5, 0.6) is 0 Å². The number of carbonyl (C=O) groups is 1. The van der Waals surface area contributed by atoms with Crippen molar-refractivity contribution in [1.82, 2.24) is 10.6 Å². The number of carbonyl (C=O) groups excluding carboxylic acids is 1. The minimum atomic E-state index is -4.78. The zero-order chi connectivity index (χ0) is 11.5. The third-order valence-corrected chi connectivity index (χ3v) is 2.68. The van der Waals surface area contributed by atoms with Crippen LogP contribution in [0.15, 0.2) is 0 Å². The van der Waals surface area contributed by atoms with Crippen molar-refractivity contribution < 1.29 is 18.0 Å². The van der Waals surface area contributed by atoms with Crippen LogP contribution < -0.4 is 10.6 Å². The van der Waals surface area contributed by atoms with Crippen LogP contribution in [0, 0.1) is 5.92 Å². The molecule has 1 aliphatic rings. The molecule has 1 saturated heterocycles. The lowest BCUT2D eigenvalue weighted by molar-refractivity contribution is -0.174. The topological polar surface area (TPSA) is 41.1 Å². The minimum absolute atomic E-state index is 0.112. The molecular weight excluding hydrogens is 209 g/mol. The van der Waals surface area contributed by atoms with Gasteiger partial charge in [0.2, 0.25) is 0 Å². The van der Waals surface area contributed by atoms with Crippen LogP contribution >= 0.6 is 0 Å². The van der Waals surface area contributed by atoms with Crippen LogP contribution in [0.3, 0.4) is 0 Å². The van der Waals surface area contributed by atoms with E-state index in [1.165, 1.54) is 0 Å². The first-order valence-corrected chi connectivity index (χ1v) is 5.03. The van der Waals surface area contributed by atoms with E-state index in [1.807, 2.05) is 5.32 Å². The highest BCUT2D eigenvalue weighted by Gasteiger charge is 2.40. The Morgan fingerprint density at radius 3 is 2.67 bits per heavy atom. The fourth-order valence-corrected chi connectivity index (χ4v) is 1.82. The Hall–Kier alpha value is -0.780. The van der Waals surface area contributed by atoms with Gasteiger partial charge in [0.15, 0.2) is 0 Å². The van der Waals surface area contributed by atoms with Crippen LogP contribution in [-0.4, -0.2) is 31.2 Å². The molecule has 88 valence electrons. The van der Waals surface area contributed by atoms with E-state index in [0.29, 0.717) is 13.0 Å². The molecule has 0 aromatic rings. The van der Waals surface area contributed by atoms with Gasteiger partial charge in [0.25, 0.3) is 0 Å². The van der Waals surface area contributed by atoms with Crippen molar-refractivity contribution in [3.63, 3.8) is 0 Å². The Balaban J connectivity index is 2.49. The number of alkyl halides is 3. The highest BCUT2D eigenvalue weighted by atomic mass is 19.4. The lowest BCUT2D eigenvalue weighted by Crippen LogP contribution is -2.46. The Morgan fingerprint density at radius 1 is 1.60 bits per heavy atom. The van der Waals surface area contributed by atoms with Crippen molar-refractivity contribution in [2.24, 2.45) is 5.92 Å². The molecule has 1 amide bonds. The maximum absolute atomic E-state index is 12.0. The molecule has 2 atom stereocenters. The van der Waals surface area contributed by atoms with Crippen LogP contribution in [0.25, 0.3) is 0 Å². The summed E-state index contributed by atoms with van der Waals surface area (Å²) in [6.07, 6.45) is -3.44. The molecule has 1 heterocycles. The number of halogens is 3. The molecule has 1 fully saturated rings. The summed E-state index contributed by atoms with van der Waals surface area (Å²) in [6.45, 7) is 3.26. The predicted octanol–water partition coefficient (Wildman–Crippen LogP) is 1.05. The van der Waals surface area contributed by atoms with Gasteiger partial charge in [0, 0.05) is 6.04 Å². The quantitative estimate of drug-likeness (QED) is 0.752. The minimum Gasteiger partial charge on any atom is -0.345 e. The average molecular weight is 224 g/mol. The van der Waals surface area contributed by atoms with E-state index >= 15 is 0 Å². The Labute approximate surface area is 86.4 Å². The monoisotopic (exact) mass is 224 g/mol. The van der Waals surface area contributed by atoms with E-state index in [4.69, 9.17) is 0 Å². The van der Waals surface area contributed by atoms with E-state index in [1.54, 1.807) is 6.92 Å². The van der Waals surface area contributed by atoms with E-state index in [9.17, 15) is 18.0 Å². The van der Waals surface area contributed by atoms with Gasteiger partial charge in [-0.1, -0.05) is 6.92 Å². The van der Waals surface area contributed by atoms with Crippen molar-refractivity contribution in [1.29, 1.82) is 0 Å². The maximum atomic E-state index is 12.0. The van der Waals surface area contributed by atoms with Gasteiger partial charge in [0.1, 0.15) is 0 Å². The lowest BCUT2D eigenvalue weighted by Gasteiger charge is -2.23. The summed E-state index contributed by atoms with van der Waals surface area (Å²) in [5, 5.41) is 5.11. The molecule has 1 rings (SSSR count). The summed E-state index contributed by atoms with van der Waals surface area (Å²) < 4.78 is 36.0. The second kappa shape index (κ2) is 4.83. The second-order valence-corrected chi connectivity index (χ2v) is 3.74. The fourth-order valence-electron chi connectivity index (χ4n) is 1.82. The molecule has 0 aromatic heterocycles. The van der Waals surface area contributed by atoms with Gasteiger partial charge in [-0.05, 0) is 31.8 Å². The third-order valence-electron chi connectivity index (χ3n) is 2.68. The summed E-state index contributed by atoms with van der Waals surface area (Å²) >= 11 is 0. The predicted molar refractivity (Wildman–Crippen MR) is 49.3 cm³/mol. The Morgan fingerprint density at radius 2 is 2.27 bits per heavy atom. The molecule has 0 saturated carbocycles. The van der Waals surface area contributed by atoms with Crippen molar-refractivity contribution in [2.45, 2.75) is 32.0 Å². The van der Waals surface area contributed by atoms with Gasteiger partial charge in [-0.3, -0.25) is 4.79 Å². The molecule has 0 aliphatic carbocycles. The highest BCUT2D eigenvalue weighted by molar-refractivity contribution is 5.81. The summed E-state index contributed by atoms with van der Waals surface area (Å²) in [5.74, 6) is -1.72. The standard InChI is InChI=1S/C9H15F3N2O/c1-2-7(6-3-4-13-5-6)14-8(15)9(10,11)12/h6-7,13H,2-5H2,1H3,(H,14,15). The Kier molecular flexibility index (Phi) is 3.96. The first-order valence-electron chi connectivity index (χ1n) is 5.03. The van der Waals surface area contributed by atoms with Crippen LogP contribution in [0.1, 0.15) is 19.8 Å². The molecule has 2 unspecified atom stereocenters. The number of rotatable bonds is 3. The third kappa shape index (κ3) is 3.37. The van der Waals surface area contributed by atoms with E-state index in [2.05, 4.69) is 5.32 Å². The normalized spacial score (nSPS) is 23.9. The smallest absolute Gasteiger partial charge is 0.345 e. The van der Waals surface area contributed by atoms with E-state index in [0.717, 1.165) is 13.0 Å². The van der Waals surface area contributed by atoms with Gasteiger partial charge in [-0.15, -0.1) is 0 Å². The van der Waals surface area contributed by atoms with Crippen molar-refractivity contribution >= 4 is 5.91 Å². The molecule has 0 aromatic carbocycles. The van der Waals surface area contributed by atoms with Crippen molar-refractivity contribution in [2.75, 3.05) is 13.1 Å². The van der Waals surface area contributed by atoms with Gasteiger partial charge < -0.3 is 10.6 Å². The summed E-state index contributed by atoms with van der Waals surface area (Å²) in [6, 6.07) is -0.380. The largest absolute Gasteiger partial charge is 0.471 e. The van der Waals surface area contributed by atoms with Gasteiger partial charge in [0.05, 0.1) is 0 Å². The van der Waals surface area contributed by atoms with Crippen molar-refractivity contribution in [3.05, 3.63) is 0 Å². The molecule has 3 nitrogen and oxygen atoms in total. The highest BCUT2D eigenvalue weighted by Crippen LogP contribution is 2.19. The molecular formula is C9H15F3N2O. The molecule has 1 aliphatic heterocycles. The zero-order valence-corrected chi connectivity index (χ0v) is 8.53. The summed E-state index contributed by atoms with van der Waals surface area (Å²) in [7, 11) is 0. The van der Waals surface area contributed by atoms with Gasteiger partial charge >= 0.3 is 12.1 Å². The first-order chi connectivity index (χ1) is 6.95. The second-order valence-electron chi connectivity index (χ2n) is 3.74. The van der Waals surface area contributed by atoms with Gasteiger partial charge in [-0.2, -0.15) is 13.2 Å². The number of nitrogens with one attached hydrogen (secondary N) is 2. The number of hydrogen-bond acceptors (Lipinski definition) is 2. The first kappa shape index (κ1) is 12.3. The summed E-state index contributed by atoms with van der Waals surface area (Å²) in [5.41, 5.74) is 0. The van der Waals surface area contributed by atoms with E-state index < -0.39 is 12.1 Å². The molecule has 6 heteroatoms. The number of amides is 1. The molecule has 2 N–H and O–H groups in total. The fraction of sp³-hybridized carbons (Fsp3) is 0.889. The maximum Gasteiger partial charge on any atom is 0.471 e. The van der Waals surface area contributed by atoms with Crippen LogP contribution in [-0.2, 0) is 4.79 Å². The Bertz CT molecular complexity index is 224. The number of hydrogen-bond donors (Lipinski definition) is 2. The molecule has 0 radical (unpaired) electrons. The molecule has 15 heavy (non-hydrogen) atoms. The van der Waals surface area contributed by atoms with Gasteiger partial charge in [-0.25, -0.2) is 0 Å². The molecule has 0 bridgehead atoms. The summed E-state index contributed by atoms with van der Waals surface area (Å²) in [4.78, 5) is 10.7. The van der Waals surface area contributed by atoms with Crippen LogP contribution in [0.4, 0.5) is 13.2 Å². The van der Waals surface area contributed by atoms with E-state index in [-0.39, 0.29) is 12.0 Å². The SMILES string of the molecule is CCC(NC(=O)C(F)(F)F)C1CCNC1. The van der Waals surface area contributed by atoms with Crippen LogP contribution in [0.2, 0.25) is 0 Å².